The first kappa shape index (κ1) is 22.4. The topological polar surface area (TPSA) is 46.5 Å². The SMILES string of the molecule is COC(=O)C[C@@H](C)[C@H]1CCC2C3C(CC[C@@]21C)[C@@]1(C)C[C@H](F)[C@@H](O)C[C@H]1CC3(F)F. The van der Waals surface area contributed by atoms with Gasteiger partial charge in [0, 0.05) is 18.8 Å². The van der Waals surface area contributed by atoms with Crippen LogP contribution in [0.4, 0.5) is 13.2 Å². The van der Waals surface area contributed by atoms with E-state index < -0.39 is 29.5 Å². The van der Waals surface area contributed by atoms with E-state index in [1.54, 1.807) is 0 Å². The molecule has 0 heterocycles. The molecule has 10 atom stereocenters. The number of hydrogen-bond acceptors (Lipinski definition) is 3. The molecule has 1 N–H and O–H groups in total. The van der Waals surface area contributed by atoms with Gasteiger partial charge in [0.25, 0.3) is 5.92 Å². The zero-order valence-electron chi connectivity index (χ0n) is 18.7. The van der Waals surface area contributed by atoms with Crippen molar-refractivity contribution in [2.75, 3.05) is 7.11 Å². The Morgan fingerprint density at radius 1 is 1.13 bits per heavy atom. The quantitative estimate of drug-likeness (QED) is 0.610. The first-order chi connectivity index (χ1) is 13.9. The fraction of sp³-hybridized carbons (Fsp3) is 0.958. The second-order valence-corrected chi connectivity index (χ2v) is 11.4. The summed E-state index contributed by atoms with van der Waals surface area (Å²) in [6.45, 7) is 6.22. The molecule has 3 nitrogen and oxygen atoms in total. The van der Waals surface area contributed by atoms with Gasteiger partial charge in [-0.2, -0.15) is 0 Å². The number of esters is 1. The van der Waals surface area contributed by atoms with Crippen molar-refractivity contribution in [3.63, 3.8) is 0 Å². The van der Waals surface area contributed by atoms with Crippen LogP contribution in [-0.4, -0.2) is 36.4 Å². The van der Waals surface area contributed by atoms with Gasteiger partial charge in [-0.05, 0) is 78.9 Å². The number of ether oxygens (including phenoxy) is 1. The molecule has 0 saturated heterocycles. The summed E-state index contributed by atoms with van der Waals surface area (Å²) in [6, 6.07) is 0. The Morgan fingerprint density at radius 3 is 2.47 bits per heavy atom. The number of halogens is 3. The van der Waals surface area contributed by atoms with Crippen LogP contribution in [0.2, 0.25) is 0 Å². The molecule has 6 heteroatoms. The van der Waals surface area contributed by atoms with E-state index in [1.807, 2.05) is 13.8 Å². The Bertz CT molecular complexity index is 685. The molecule has 0 amide bonds. The van der Waals surface area contributed by atoms with Gasteiger partial charge in [0.15, 0.2) is 0 Å². The number of aliphatic hydroxyl groups excluding tert-OH is 1. The van der Waals surface area contributed by atoms with Crippen molar-refractivity contribution < 1.29 is 27.8 Å². The molecular weight excluding hydrogens is 393 g/mol. The summed E-state index contributed by atoms with van der Waals surface area (Å²) in [5, 5.41) is 10.0. The van der Waals surface area contributed by atoms with Crippen molar-refractivity contribution in [1.82, 2.24) is 0 Å². The van der Waals surface area contributed by atoms with Crippen molar-refractivity contribution >= 4 is 5.97 Å². The number of aliphatic hydroxyl groups is 1. The Hall–Kier alpha value is -0.780. The molecular formula is C24H37F3O3. The highest BCUT2D eigenvalue weighted by Gasteiger charge is 2.68. The van der Waals surface area contributed by atoms with Crippen LogP contribution < -0.4 is 0 Å². The number of alkyl halides is 3. The molecule has 4 fully saturated rings. The highest BCUT2D eigenvalue weighted by Crippen LogP contribution is 2.71. The first-order valence-corrected chi connectivity index (χ1v) is 11.7. The maximum Gasteiger partial charge on any atom is 0.305 e. The molecule has 0 radical (unpaired) electrons. The third kappa shape index (κ3) is 3.22. The lowest BCUT2D eigenvalue weighted by Crippen LogP contribution is -2.62. The lowest BCUT2D eigenvalue weighted by molar-refractivity contribution is -0.244. The second kappa shape index (κ2) is 7.38. The average molecular weight is 431 g/mol. The van der Waals surface area contributed by atoms with Crippen LogP contribution in [0.1, 0.15) is 72.1 Å². The minimum Gasteiger partial charge on any atom is -0.469 e. The number of carbonyl (C=O) groups is 1. The summed E-state index contributed by atoms with van der Waals surface area (Å²) < 4.78 is 50.7. The van der Waals surface area contributed by atoms with Crippen LogP contribution in [0.5, 0.6) is 0 Å². The molecule has 4 aliphatic rings. The van der Waals surface area contributed by atoms with Crippen LogP contribution in [0.3, 0.4) is 0 Å². The zero-order chi connectivity index (χ0) is 22.1. The van der Waals surface area contributed by atoms with E-state index in [1.165, 1.54) is 7.11 Å². The molecule has 172 valence electrons. The average Bonchev–Trinajstić information content (AvgIpc) is 3.01. The Balaban J connectivity index is 1.63. The summed E-state index contributed by atoms with van der Waals surface area (Å²) in [6.07, 6.45) is 1.17. The largest absolute Gasteiger partial charge is 0.469 e. The molecule has 0 spiro atoms. The fourth-order valence-corrected chi connectivity index (χ4v) is 8.60. The van der Waals surface area contributed by atoms with Gasteiger partial charge in [0.1, 0.15) is 6.17 Å². The van der Waals surface area contributed by atoms with Gasteiger partial charge < -0.3 is 9.84 Å². The highest BCUT2D eigenvalue weighted by atomic mass is 19.3. The fourth-order valence-electron chi connectivity index (χ4n) is 8.60. The zero-order valence-corrected chi connectivity index (χ0v) is 18.7. The van der Waals surface area contributed by atoms with Gasteiger partial charge >= 0.3 is 5.97 Å². The number of methoxy groups -OCH3 is 1. The summed E-state index contributed by atoms with van der Waals surface area (Å²) >= 11 is 0. The Morgan fingerprint density at radius 2 is 1.80 bits per heavy atom. The molecule has 4 saturated carbocycles. The lowest BCUT2D eigenvalue weighted by atomic mass is 9.43. The predicted octanol–water partition coefficient (Wildman–Crippen LogP) is 5.40. The van der Waals surface area contributed by atoms with Crippen LogP contribution in [0, 0.1) is 46.3 Å². The molecule has 0 aromatic carbocycles. The number of carbonyl (C=O) groups excluding carboxylic acids is 1. The number of hydrogen-bond donors (Lipinski definition) is 1. The van der Waals surface area contributed by atoms with Gasteiger partial charge in [-0.15, -0.1) is 0 Å². The summed E-state index contributed by atoms with van der Waals surface area (Å²) in [5.41, 5.74) is -0.688. The van der Waals surface area contributed by atoms with Gasteiger partial charge in [-0.25, -0.2) is 13.2 Å². The Kier molecular flexibility index (Phi) is 5.52. The maximum atomic E-state index is 15.7. The van der Waals surface area contributed by atoms with E-state index in [9.17, 15) is 14.3 Å². The molecule has 4 aliphatic carbocycles. The van der Waals surface area contributed by atoms with Crippen molar-refractivity contribution in [2.45, 2.75) is 90.3 Å². The van der Waals surface area contributed by atoms with Crippen molar-refractivity contribution in [3.8, 4) is 0 Å². The van der Waals surface area contributed by atoms with Gasteiger partial charge in [0.05, 0.1) is 13.2 Å². The monoisotopic (exact) mass is 430 g/mol. The smallest absolute Gasteiger partial charge is 0.305 e. The molecule has 0 aliphatic heterocycles. The van der Waals surface area contributed by atoms with E-state index in [-0.39, 0.29) is 60.2 Å². The normalized spacial score (nSPS) is 50.7. The van der Waals surface area contributed by atoms with Crippen LogP contribution in [-0.2, 0) is 9.53 Å². The molecule has 4 rings (SSSR count). The minimum absolute atomic E-state index is 0.0981. The number of rotatable bonds is 3. The van der Waals surface area contributed by atoms with Gasteiger partial charge in [0.2, 0.25) is 0 Å². The highest BCUT2D eigenvalue weighted by molar-refractivity contribution is 5.69. The third-order valence-corrected chi connectivity index (χ3v) is 10.1. The van der Waals surface area contributed by atoms with E-state index in [4.69, 9.17) is 4.74 Å². The van der Waals surface area contributed by atoms with Crippen molar-refractivity contribution in [3.05, 3.63) is 0 Å². The van der Waals surface area contributed by atoms with E-state index >= 15 is 8.78 Å². The first-order valence-electron chi connectivity index (χ1n) is 11.7. The van der Waals surface area contributed by atoms with Gasteiger partial charge in [-0.1, -0.05) is 20.8 Å². The molecule has 3 unspecified atom stereocenters. The maximum absolute atomic E-state index is 15.7. The van der Waals surface area contributed by atoms with Crippen LogP contribution >= 0.6 is 0 Å². The van der Waals surface area contributed by atoms with E-state index in [0.717, 1.165) is 19.3 Å². The second-order valence-electron chi connectivity index (χ2n) is 11.4. The van der Waals surface area contributed by atoms with E-state index in [2.05, 4.69) is 6.92 Å². The predicted molar refractivity (Wildman–Crippen MR) is 108 cm³/mol. The summed E-state index contributed by atoms with van der Waals surface area (Å²) in [7, 11) is 1.39. The molecule has 0 bridgehead atoms. The molecule has 0 aromatic heterocycles. The minimum atomic E-state index is -2.79. The molecule has 0 aromatic rings. The van der Waals surface area contributed by atoms with E-state index in [0.29, 0.717) is 12.8 Å². The summed E-state index contributed by atoms with van der Waals surface area (Å²) in [4.78, 5) is 11.8. The summed E-state index contributed by atoms with van der Waals surface area (Å²) in [5.74, 6) is -4.05. The van der Waals surface area contributed by atoms with Crippen molar-refractivity contribution in [1.29, 1.82) is 0 Å². The third-order valence-electron chi connectivity index (χ3n) is 10.1. The standard InChI is InChI=1S/C24H37F3O3/c1-13(9-20(29)30-4)15-5-6-16-21-17(7-8-22(15,16)2)23(3)12-18(25)19(28)10-14(23)11-24(21,26)27/h13-19,21,28H,5-12H2,1-4H3/t13-,14+,15-,16?,17?,18+,19+,21?,22-,23+/m1/s1. The lowest BCUT2D eigenvalue weighted by Gasteiger charge is -2.63. The number of fused-ring (bicyclic) bond motifs is 5. The van der Waals surface area contributed by atoms with Crippen molar-refractivity contribution in [2.24, 2.45) is 46.3 Å². The van der Waals surface area contributed by atoms with Gasteiger partial charge in [-0.3, -0.25) is 4.79 Å². The van der Waals surface area contributed by atoms with Crippen LogP contribution in [0.15, 0.2) is 0 Å². The van der Waals surface area contributed by atoms with Crippen LogP contribution in [0.25, 0.3) is 0 Å². The Labute approximate surface area is 178 Å². The molecule has 30 heavy (non-hydrogen) atoms.